The van der Waals surface area contributed by atoms with Crippen LogP contribution in [0.15, 0.2) is 77.7 Å². The lowest BCUT2D eigenvalue weighted by Gasteiger charge is -2.25. The van der Waals surface area contributed by atoms with Crippen molar-refractivity contribution in [1.29, 1.82) is 0 Å². The van der Waals surface area contributed by atoms with Gasteiger partial charge in [-0.2, -0.15) is 0 Å². The number of primary sulfonamides is 1. The summed E-state index contributed by atoms with van der Waals surface area (Å²) in [4.78, 5) is 12.4. The minimum Gasteiger partial charge on any atom is -0.367 e. The highest BCUT2D eigenvalue weighted by Crippen LogP contribution is 2.27. The van der Waals surface area contributed by atoms with Gasteiger partial charge in [0.15, 0.2) is 5.72 Å². The molecule has 0 radical (unpaired) electrons. The molecule has 7 nitrogen and oxygen atoms in total. The quantitative estimate of drug-likeness (QED) is 0.469. The highest BCUT2D eigenvalue weighted by molar-refractivity contribution is 7.89. The topological polar surface area (TPSA) is 122 Å². The molecule has 0 bridgehead atoms. The van der Waals surface area contributed by atoms with E-state index >= 15 is 0 Å². The summed E-state index contributed by atoms with van der Waals surface area (Å²) in [5.41, 5.74) is 1.56. The molecule has 0 fully saturated rings. The summed E-state index contributed by atoms with van der Waals surface area (Å²) in [6, 6.07) is 19.7. The number of urea groups is 1. The summed E-state index contributed by atoms with van der Waals surface area (Å²) >= 11 is 0. The number of benzene rings is 3. The number of nitrogens with two attached hydrogens (primary N) is 1. The number of anilines is 1. The Hall–Kier alpha value is -3.20. The standard InChI is InChI=1S/C22H23N3O4S/c1-15-6-5-7-17(14-15)22(2,27)25-21(26)24-18-12-10-16(11-13-18)19-8-3-4-9-20(19)30(23,28)29/h3-14,27H,1-2H3,(H2,23,28,29)(H2,24,25,26). The van der Waals surface area contributed by atoms with Crippen molar-refractivity contribution in [3.63, 3.8) is 0 Å². The van der Waals surface area contributed by atoms with Crippen molar-refractivity contribution < 1.29 is 18.3 Å². The summed E-state index contributed by atoms with van der Waals surface area (Å²) < 4.78 is 23.6. The molecule has 0 aliphatic heterocycles. The zero-order valence-corrected chi connectivity index (χ0v) is 17.4. The van der Waals surface area contributed by atoms with Crippen LogP contribution in [0.1, 0.15) is 18.1 Å². The fourth-order valence-corrected chi connectivity index (χ4v) is 3.85. The second-order valence-electron chi connectivity index (χ2n) is 7.14. The predicted octanol–water partition coefficient (Wildman–Crippen LogP) is 3.30. The molecule has 8 heteroatoms. The van der Waals surface area contributed by atoms with E-state index in [0.717, 1.165) is 5.56 Å². The Morgan fingerprint density at radius 1 is 1.00 bits per heavy atom. The van der Waals surface area contributed by atoms with Crippen molar-refractivity contribution in [2.45, 2.75) is 24.5 Å². The van der Waals surface area contributed by atoms with Gasteiger partial charge in [0.2, 0.25) is 10.0 Å². The van der Waals surface area contributed by atoms with Crippen LogP contribution in [0.2, 0.25) is 0 Å². The molecule has 3 aromatic carbocycles. The molecular weight excluding hydrogens is 402 g/mol. The lowest BCUT2D eigenvalue weighted by atomic mass is 10.0. The van der Waals surface area contributed by atoms with Gasteiger partial charge < -0.3 is 15.7 Å². The second-order valence-corrected chi connectivity index (χ2v) is 8.67. The van der Waals surface area contributed by atoms with Gasteiger partial charge in [-0.15, -0.1) is 0 Å². The first-order chi connectivity index (χ1) is 14.1. The van der Waals surface area contributed by atoms with E-state index in [1.165, 1.54) is 13.0 Å². The predicted molar refractivity (Wildman–Crippen MR) is 116 cm³/mol. The summed E-state index contributed by atoms with van der Waals surface area (Å²) in [7, 11) is -3.87. The van der Waals surface area contributed by atoms with Crippen molar-refractivity contribution >= 4 is 21.7 Å². The first-order valence-corrected chi connectivity index (χ1v) is 10.7. The minimum absolute atomic E-state index is 0.0256. The van der Waals surface area contributed by atoms with Gasteiger partial charge >= 0.3 is 6.03 Å². The van der Waals surface area contributed by atoms with Crippen LogP contribution in [-0.2, 0) is 15.7 Å². The van der Waals surface area contributed by atoms with Gasteiger partial charge in [0.1, 0.15) is 0 Å². The third-order valence-corrected chi connectivity index (χ3v) is 5.55. The Morgan fingerprint density at radius 2 is 1.67 bits per heavy atom. The third-order valence-electron chi connectivity index (χ3n) is 4.58. The SMILES string of the molecule is Cc1cccc(C(C)(O)NC(=O)Nc2ccc(-c3ccccc3S(N)(=O)=O)cc2)c1. The van der Waals surface area contributed by atoms with Gasteiger partial charge in [-0.25, -0.2) is 18.4 Å². The molecule has 156 valence electrons. The maximum absolute atomic E-state index is 12.3. The molecule has 3 aromatic rings. The van der Waals surface area contributed by atoms with Crippen molar-refractivity contribution in [2.24, 2.45) is 5.14 Å². The van der Waals surface area contributed by atoms with Gasteiger partial charge in [0, 0.05) is 16.8 Å². The van der Waals surface area contributed by atoms with Crippen molar-refractivity contribution in [3.05, 3.63) is 83.9 Å². The minimum atomic E-state index is -3.87. The average molecular weight is 426 g/mol. The molecule has 0 aliphatic carbocycles. The molecular formula is C22H23N3O4S. The number of nitrogens with one attached hydrogen (secondary N) is 2. The van der Waals surface area contributed by atoms with Crippen LogP contribution in [0.5, 0.6) is 0 Å². The van der Waals surface area contributed by atoms with Crippen LogP contribution in [0.4, 0.5) is 10.5 Å². The summed E-state index contributed by atoms with van der Waals surface area (Å²) in [5, 5.41) is 21.1. The van der Waals surface area contributed by atoms with Crippen LogP contribution < -0.4 is 15.8 Å². The Labute approximate surface area is 175 Å². The van der Waals surface area contributed by atoms with Gasteiger partial charge in [0.05, 0.1) is 4.90 Å². The number of carbonyl (C=O) groups is 1. The molecule has 0 saturated heterocycles. The van der Waals surface area contributed by atoms with E-state index in [1.54, 1.807) is 60.7 Å². The van der Waals surface area contributed by atoms with Crippen LogP contribution in [-0.4, -0.2) is 19.6 Å². The highest BCUT2D eigenvalue weighted by atomic mass is 32.2. The number of hydrogen-bond donors (Lipinski definition) is 4. The summed E-state index contributed by atoms with van der Waals surface area (Å²) in [6.45, 7) is 3.39. The first kappa shape index (κ1) is 21.5. The Balaban J connectivity index is 1.74. The zero-order chi connectivity index (χ0) is 21.9. The van der Waals surface area contributed by atoms with E-state index in [1.807, 2.05) is 13.0 Å². The molecule has 0 aliphatic rings. The summed E-state index contributed by atoms with van der Waals surface area (Å²) in [6.07, 6.45) is 0. The molecule has 2 amide bonds. The Morgan fingerprint density at radius 3 is 2.30 bits per heavy atom. The summed E-state index contributed by atoms with van der Waals surface area (Å²) in [5.74, 6) is 0. The van der Waals surface area contributed by atoms with Crippen LogP contribution in [0, 0.1) is 6.92 Å². The lowest BCUT2D eigenvalue weighted by Crippen LogP contribution is -2.45. The number of aryl methyl sites for hydroxylation is 1. The maximum atomic E-state index is 12.3. The number of amides is 2. The number of hydrogen-bond acceptors (Lipinski definition) is 4. The van der Waals surface area contributed by atoms with E-state index in [0.29, 0.717) is 22.4 Å². The van der Waals surface area contributed by atoms with Gasteiger partial charge in [-0.3, -0.25) is 0 Å². The Bertz CT molecular complexity index is 1170. The monoisotopic (exact) mass is 425 g/mol. The molecule has 1 atom stereocenters. The van der Waals surface area contributed by atoms with Gasteiger partial charge in [-0.1, -0.05) is 60.2 Å². The fraction of sp³-hybridized carbons (Fsp3) is 0.136. The number of sulfonamides is 1. The van der Waals surface area contributed by atoms with E-state index in [4.69, 9.17) is 5.14 Å². The first-order valence-electron chi connectivity index (χ1n) is 9.17. The second kappa shape index (κ2) is 8.27. The maximum Gasteiger partial charge on any atom is 0.321 e. The molecule has 30 heavy (non-hydrogen) atoms. The van der Waals surface area contributed by atoms with Gasteiger partial charge in [-0.05, 0) is 37.6 Å². The number of rotatable bonds is 5. The zero-order valence-electron chi connectivity index (χ0n) is 16.6. The van der Waals surface area contributed by atoms with Gasteiger partial charge in [0.25, 0.3) is 0 Å². The molecule has 5 N–H and O–H groups in total. The van der Waals surface area contributed by atoms with E-state index in [2.05, 4.69) is 10.6 Å². The van der Waals surface area contributed by atoms with Crippen molar-refractivity contribution in [1.82, 2.24) is 5.32 Å². The molecule has 3 rings (SSSR count). The normalized spacial score (nSPS) is 13.3. The fourth-order valence-electron chi connectivity index (χ4n) is 3.09. The smallest absolute Gasteiger partial charge is 0.321 e. The van der Waals surface area contributed by atoms with E-state index < -0.39 is 21.8 Å². The number of aliphatic hydroxyl groups is 1. The third kappa shape index (κ3) is 5.04. The molecule has 0 heterocycles. The molecule has 0 aromatic heterocycles. The van der Waals surface area contributed by atoms with E-state index in [-0.39, 0.29) is 4.90 Å². The van der Waals surface area contributed by atoms with Crippen molar-refractivity contribution in [2.75, 3.05) is 5.32 Å². The number of carbonyl (C=O) groups excluding carboxylic acids is 1. The molecule has 0 saturated carbocycles. The molecule has 1 unspecified atom stereocenters. The van der Waals surface area contributed by atoms with Crippen LogP contribution in [0.25, 0.3) is 11.1 Å². The highest BCUT2D eigenvalue weighted by Gasteiger charge is 2.25. The van der Waals surface area contributed by atoms with Crippen LogP contribution >= 0.6 is 0 Å². The van der Waals surface area contributed by atoms with Crippen LogP contribution in [0.3, 0.4) is 0 Å². The average Bonchev–Trinajstić information content (AvgIpc) is 2.67. The van der Waals surface area contributed by atoms with Crippen molar-refractivity contribution in [3.8, 4) is 11.1 Å². The largest absolute Gasteiger partial charge is 0.367 e. The Kier molecular flexibility index (Phi) is 5.93. The molecule has 0 spiro atoms. The lowest BCUT2D eigenvalue weighted by molar-refractivity contribution is 0.0337. The van der Waals surface area contributed by atoms with E-state index in [9.17, 15) is 18.3 Å².